The Labute approximate surface area is 466 Å². The molecule has 3 aliphatic rings. The Morgan fingerprint density at radius 3 is 1.58 bits per heavy atom. The van der Waals surface area contributed by atoms with Crippen LogP contribution in [0.5, 0.6) is 0 Å². The number of carbonyl (C=O) groups is 2. The van der Waals surface area contributed by atoms with E-state index in [4.69, 9.17) is 65.4 Å². The number of nitrogens with one attached hydrogen (secondary N) is 6. The van der Waals surface area contributed by atoms with E-state index >= 15 is 0 Å². The molecular weight excluding hydrogens is 1100 g/mol. The Balaban J connectivity index is 0.664. The van der Waals surface area contributed by atoms with E-state index in [0.717, 1.165) is 54.7 Å². The second-order valence-corrected chi connectivity index (χ2v) is 24.7. The maximum absolute atomic E-state index is 13.0. The lowest BCUT2D eigenvalue weighted by Gasteiger charge is -2.48. The lowest BCUT2D eigenvalue weighted by atomic mass is 9.67. The number of carbonyl (C=O) groups excluding carboxylic acids is 2. The van der Waals surface area contributed by atoms with E-state index in [9.17, 15) is 26.4 Å². The highest BCUT2D eigenvalue weighted by molar-refractivity contribution is 7.89. The molecule has 4 amide bonds. The van der Waals surface area contributed by atoms with Gasteiger partial charge in [-0.15, -0.1) is 23.2 Å². The number of hydrogen-bond donors (Lipinski definition) is 6. The van der Waals surface area contributed by atoms with E-state index in [1.165, 1.54) is 0 Å². The van der Waals surface area contributed by atoms with Crippen molar-refractivity contribution in [1.82, 2.24) is 29.9 Å². The van der Waals surface area contributed by atoms with Crippen molar-refractivity contribution >= 4 is 89.9 Å². The van der Waals surface area contributed by atoms with Crippen LogP contribution in [0.2, 0.25) is 10.0 Å². The van der Waals surface area contributed by atoms with E-state index in [2.05, 4.69) is 47.6 Å². The Morgan fingerprint density at radius 2 is 1.07 bits per heavy atom. The van der Waals surface area contributed by atoms with Crippen LogP contribution in [0.25, 0.3) is 0 Å². The first kappa shape index (κ1) is 59.8. The van der Waals surface area contributed by atoms with Gasteiger partial charge in [-0.2, -0.15) is 0 Å². The van der Waals surface area contributed by atoms with Crippen LogP contribution in [-0.4, -0.2) is 162 Å². The number of sulfonamides is 2. The third-order valence-corrected chi connectivity index (χ3v) is 17.9. The molecule has 18 nitrogen and oxygen atoms in total. The highest BCUT2D eigenvalue weighted by Gasteiger charge is 2.44. The van der Waals surface area contributed by atoms with E-state index in [1.807, 2.05) is 37.4 Å². The van der Waals surface area contributed by atoms with Crippen LogP contribution in [0.15, 0.2) is 94.7 Å². The fourth-order valence-electron chi connectivity index (χ4n) is 9.90. The summed E-state index contributed by atoms with van der Waals surface area (Å²) in [6.45, 7) is 5.68. The zero-order valence-electron chi connectivity index (χ0n) is 42.6. The van der Waals surface area contributed by atoms with Gasteiger partial charge in [0.25, 0.3) is 0 Å². The van der Waals surface area contributed by atoms with Gasteiger partial charge < -0.3 is 50.0 Å². The molecule has 2 heterocycles. The molecule has 0 radical (unpaired) electrons. The molecule has 6 unspecified atom stereocenters. The summed E-state index contributed by atoms with van der Waals surface area (Å²) < 4.78 is 79.1. The number of halogens is 4. The molecule has 6 N–H and O–H groups in total. The molecule has 1 saturated heterocycles. The van der Waals surface area contributed by atoms with Crippen molar-refractivity contribution in [2.45, 2.75) is 51.8 Å². The third kappa shape index (κ3) is 17.6. The molecule has 2 aliphatic heterocycles. The number of likely N-dealkylation sites (tertiary alicyclic amines) is 1. The van der Waals surface area contributed by atoms with Crippen molar-refractivity contribution in [3.05, 3.63) is 117 Å². The van der Waals surface area contributed by atoms with Crippen LogP contribution in [0.3, 0.4) is 0 Å². The Bertz CT molecular complexity index is 2750. The number of urea groups is 2. The van der Waals surface area contributed by atoms with Crippen LogP contribution in [0.4, 0.5) is 21.0 Å². The summed E-state index contributed by atoms with van der Waals surface area (Å²) in [5, 5.41) is 12.1. The first-order valence-electron chi connectivity index (χ1n) is 25.3. The number of nitrogens with zero attached hydrogens (tertiary/aromatic N) is 2. The van der Waals surface area contributed by atoms with Crippen molar-refractivity contribution in [1.29, 1.82) is 0 Å². The molecular formula is C52H68Cl4N8O10S2. The lowest BCUT2D eigenvalue weighted by molar-refractivity contribution is 0.0517. The van der Waals surface area contributed by atoms with Crippen molar-refractivity contribution in [2.75, 3.05) is 123 Å². The van der Waals surface area contributed by atoms with Crippen LogP contribution in [-0.2, 0) is 45.5 Å². The quantitative estimate of drug-likeness (QED) is 0.0274. The molecule has 0 bridgehead atoms. The number of likely N-dealkylation sites (N-methyl/N-ethyl adjacent to an activating group) is 2. The minimum absolute atomic E-state index is 0.00489. The zero-order chi connectivity index (χ0) is 54.2. The van der Waals surface area contributed by atoms with Crippen LogP contribution >= 0.6 is 46.4 Å². The Hall–Kier alpha value is -3.84. The van der Waals surface area contributed by atoms with E-state index < -0.39 is 32.1 Å². The number of ether oxygens (including phenoxy) is 4. The van der Waals surface area contributed by atoms with Gasteiger partial charge in [-0.05, 0) is 128 Å². The third-order valence-electron chi connectivity index (χ3n) is 13.6. The minimum Gasteiger partial charge on any atom is -0.378 e. The first-order chi connectivity index (χ1) is 36.5. The molecule has 2 fully saturated rings. The molecule has 1 saturated carbocycles. The van der Waals surface area contributed by atoms with Crippen molar-refractivity contribution < 1.29 is 45.4 Å². The number of anilines is 2. The lowest BCUT2D eigenvalue weighted by Crippen LogP contribution is -2.50. The highest BCUT2D eigenvalue weighted by Crippen LogP contribution is 2.47. The smallest absolute Gasteiger partial charge is 0.319 e. The summed E-state index contributed by atoms with van der Waals surface area (Å²) in [5.41, 5.74) is 5.15. The van der Waals surface area contributed by atoms with Gasteiger partial charge in [0.2, 0.25) is 20.0 Å². The summed E-state index contributed by atoms with van der Waals surface area (Å²) in [7, 11) is -3.36. The maximum Gasteiger partial charge on any atom is 0.319 e. The standard InChI is InChI=1S/C52H68Cl4N8O10S2/c1-63-31-45(43-27-37(53)29-49(55)47(43)33-63)35-3-11-41(12-4-35)75(67,68)59-17-21-73-25-23-71-19-15-57-51(65)61-39-7-9-40(10-8-39)62-52(66)58-16-20-72-24-26-74-22-18-60-76(69,70)42-13-5-36(6-14-42)46-32-64(2)34-48-44(46)28-38(54)30-50(48)56/h3-14,27,29,38,44-46,48,50,59-60H,15-26,28,30-34H2,1-2H3,(H2,57,61,65)(H2,58,62,66). The topological polar surface area (TPSA) is 218 Å². The molecule has 1 aliphatic carbocycles. The van der Waals surface area contributed by atoms with Gasteiger partial charge in [0.15, 0.2) is 0 Å². The first-order valence-corrected chi connectivity index (χ1v) is 29.9. The number of benzene rings is 4. The Morgan fingerprint density at radius 1 is 0.579 bits per heavy atom. The van der Waals surface area contributed by atoms with Gasteiger partial charge in [-0.1, -0.05) is 47.5 Å². The molecule has 416 valence electrons. The van der Waals surface area contributed by atoms with Crippen LogP contribution in [0.1, 0.15) is 46.9 Å². The largest absolute Gasteiger partial charge is 0.378 e. The predicted molar refractivity (Wildman–Crippen MR) is 297 cm³/mol. The molecule has 4 aromatic carbocycles. The van der Waals surface area contributed by atoms with E-state index in [0.29, 0.717) is 39.8 Å². The summed E-state index contributed by atoms with van der Waals surface area (Å²) in [6, 6.07) is 23.3. The molecule has 0 aromatic heterocycles. The average Bonchev–Trinajstić information content (AvgIpc) is 3.38. The summed E-state index contributed by atoms with van der Waals surface area (Å²) in [5.74, 6) is 0.935. The van der Waals surface area contributed by atoms with Crippen molar-refractivity contribution in [3.8, 4) is 0 Å². The zero-order valence-corrected chi connectivity index (χ0v) is 47.2. The second kappa shape index (κ2) is 28.9. The summed E-state index contributed by atoms with van der Waals surface area (Å²) in [4.78, 5) is 29.6. The average molecular weight is 1170 g/mol. The number of amides is 4. The SMILES string of the molecule is CN1Cc2c(Cl)cc(Cl)cc2C(c2ccc(S(=O)(=O)NCCOCCOCCNC(=O)Nc3ccc(NC(=O)NCCOCCOCCNS(=O)(=O)c4ccc(C5CN(C)CC6C(Cl)CC(Cl)CC56)cc4)cc3)cc2)C1. The number of rotatable bonds is 26. The van der Waals surface area contributed by atoms with Gasteiger partial charge in [0.05, 0.1) is 62.6 Å². The second-order valence-electron chi connectivity index (χ2n) is 19.2. The molecule has 76 heavy (non-hydrogen) atoms. The van der Waals surface area contributed by atoms with Gasteiger partial charge in [-0.25, -0.2) is 35.9 Å². The van der Waals surface area contributed by atoms with Crippen molar-refractivity contribution in [2.24, 2.45) is 11.8 Å². The van der Waals surface area contributed by atoms with Gasteiger partial charge in [0.1, 0.15) is 0 Å². The van der Waals surface area contributed by atoms with E-state index in [-0.39, 0.29) is 111 Å². The molecule has 4 aromatic rings. The monoisotopic (exact) mass is 1170 g/mol. The molecule has 6 atom stereocenters. The number of fused-ring (bicyclic) bond motifs is 2. The van der Waals surface area contributed by atoms with Crippen LogP contribution in [0, 0.1) is 11.8 Å². The summed E-state index contributed by atoms with van der Waals surface area (Å²) in [6.07, 6.45) is 1.71. The number of alkyl halides is 2. The minimum atomic E-state index is -3.76. The fourth-order valence-corrected chi connectivity index (χ4v) is 13.5. The predicted octanol–water partition coefficient (Wildman–Crippen LogP) is 7.11. The van der Waals surface area contributed by atoms with Gasteiger partial charge >= 0.3 is 12.1 Å². The van der Waals surface area contributed by atoms with Gasteiger partial charge in [0, 0.05) is 90.5 Å². The Kier molecular flexibility index (Phi) is 22.7. The molecule has 24 heteroatoms. The van der Waals surface area contributed by atoms with E-state index in [1.54, 1.807) is 54.6 Å². The number of hydrogen-bond acceptors (Lipinski definition) is 12. The number of piperidine rings is 1. The fraction of sp³-hybridized carbons (Fsp3) is 0.500. The van der Waals surface area contributed by atoms with Gasteiger partial charge in [-0.3, -0.25) is 0 Å². The van der Waals surface area contributed by atoms with Crippen molar-refractivity contribution in [3.63, 3.8) is 0 Å². The normalized spacial score (nSPS) is 21.1. The molecule has 7 rings (SSSR count). The highest BCUT2D eigenvalue weighted by atomic mass is 35.5. The molecule has 0 spiro atoms. The maximum atomic E-state index is 13.0. The summed E-state index contributed by atoms with van der Waals surface area (Å²) >= 11 is 26.1. The van der Waals surface area contributed by atoms with Crippen LogP contribution < -0.4 is 30.7 Å².